The molecule has 1 fully saturated rings. The second-order valence-electron chi connectivity index (χ2n) is 6.90. The average Bonchev–Trinajstić information content (AvgIpc) is 3.16. The molecule has 3 rings (SSSR count). The van der Waals surface area contributed by atoms with Gasteiger partial charge in [-0.3, -0.25) is 4.79 Å². The number of carbonyl (C=O) groups is 2. The third-order valence-corrected chi connectivity index (χ3v) is 4.98. The topological polar surface area (TPSA) is 96.2 Å². The van der Waals surface area contributed by atoms with Gasteiger partial charge in [-0.15, -0.1) is 0 Å². The van der Waals surface area contributed by atoms with Crippen LogP contribution in [0.2, 0.25) is 0 Å². The first kappa shape index (κ1) is 18.9. The van der Waals surface area contributed by atoms with E-state index in [1.54, 1.807) is 0 Å². The molecule has 27 heavy (non-hydrogen) atoms. The zero-order valence-corrected chi connectivity index (χ0v) is 15.3. The quantitative estimate of drug-likeness (QED) is 0.631. The van der Waals surface area contributed by atoms with Gasteiger partial charge in [-0.25, -0.2) is 4.79 Å². The minimum Gasteiger partial charge on any atom is -0.352 e. The Labute approximate surface area is 159 Å². The van der Waals surface area contributed by atoms with E-state index in [1.807, 2.05) is 54.6 Å². The Bertz CT molecular complexity index is 779. The zero-order valence-electron chi connectivity index (χ0n) is 15.3. The van der Waals surface area contributed by atoms with Crippen LogP contribution in [0.1, 0.15) is 24.8 Å². The summed E-state index contributed by atoms with van der Waals surface area (Å²) in [6.45, 7) is 0.996. The van der Waals surface area contributed by atoms with Gasteiger partial charge in [0.2, 0.25) is 5.91 Å². The highest BCUT2D eigenvalue weighted by atomic mass is 16.2. The first-order valence-electron chi connectivity index (χ1n) is 9.35. The molecule has 2 aromatic carbocycles. The Balaban J connectivity index is 1.52. The lowest BCUT2D eigenvalue weighted by Crippen LogP contribution is -2.34. The van der Waals surface area contributed by atoms with Crippen molar-refractivity contribution in [3.63, 3.8) is 0 Å². The van der Waals surface area contributed by atoms with Gasteiger partial charge in [-0.1, -0.05) is 36.8 Å². The Morgan fingerprint density at radius 2 is 1.70 bits per heavy atom. The summed E-state index contributed by atoms with van der Waals surface area (Å²) in [6, 6.07) is 16.4. The van der Waals surface area contributed by atoms with Crippen LogP contribution in [0.3, 0.4) is 0 Å². The predicted molar refractivity (Wildman–Crippen MR) is 107 cm³/mol. The lowest BCUT2D eigenvalue weighted by molar-refractivity contribution is -0.126. The van der Waals surface area contributed by atoms with Crippen LogP contribution < -0.4 is 21.7 Å². The normalized spacial score (nSPS) is 18.7. The lowest BCUT2D eigenvalue weighted by Gasteiger charge is -2.17. The molecule has 0 unspecified atom stereocenters. The number of urea groups is 1. The number of amides is 3. The molecule has 0 aliphatic heterocycles. The smallest absolute Gasteiger partial charge is 0.323 e. The van der Waals surface area contributed by atoms with Crippen molar-refractivity contribution in [1.82, 2.24) is 5.32 Å². The molecule has 0 bridgehead atoms. The van der Waals surface area contributed by atoms with Crippen LogP contribution in [-0.2, 0) is 11.3 Å². The van der Waals surface area contributed by atoms with Gasteiger partial charge in [0.1, 0.15) is 0 Å². The second-order valence-corrected chi connectivity index (χ2v) is 6.90. The molecule has 142 valence electrons. The number of hydrogen-bond donors (Lipinski definition) is 4. The maximum atomic E-state index is 12.4. The van der Waals surface area contributed by atoms with Crippen molar-refractivity contribution in [3.8, 4) is 0 Å². The third-order valence-electron chi connectivity index (χ3n) is 4.98. The summed E-state index contributed by atoms with van der Waals surface area (Å²) in [5.41, 5.74) is 8.10. The largest absolute Gasteiger partial charge is 0.352 e. The van der Waals surface area contributed by atoms with Crippen molar-refractivity contribution in [3.05, 3.63) is 60.2 Å². The Morgan fingerprint density at radius 3 is 2.48 bits per heavy atom. The molecule has 0 saturated heterocycles. The number of para-hydroxylation sites is 1. The molecule has 3 amide bonds. The standard InChI is InChI=1S/C21H26N4O2/c22-13-16-7-5-11-19(16)20(26)23-14-15-6-4-10-18(12-15)25-21(27)24-17-8-2-1-3-9-17/h1-4,6,8-10,12,16,19H,5,7,11,13-14,22H2,(H,23,26)(H2,24,25,27)/t16-,19-/m1/s1. The number of anilines is 2. The van der Waals surface area contributed by atoms with Crippen LogP contribution in [0.5, 0.6) is 0 Å². The first-order valence-corrected chi connectivity index (χ1v) is 9.35. The van der Waals surface area contributed by atoms with E-state index in [2.05, 4.69) is 16.0 Å². The number of hydrogen-bond acceptors (Lipinski definition) is 3. The van der Waals surface area contributed by atoms with E-state index in [0.29, 0.717) is 24.7 Å². The van der Waals surface area contributed by atoms with Gasteiger partial charge in [-0.2, -0.15) is 0 Å². The van der Waals surface area contributed by atoms with Gasteiger partial charge in [0.25, 0.3) is 0 Å². The van der Waals surface area contributed by atoms with E-state index in [9.17, 15) is 9.59 Å². The molecule has 0 spiro atoms. The summed E-state index contributed by atoms with van der Waals surface area (Å²) in [5.74, 6) is 0.385. The number of nitrogens with one attached hydrogen (secondary N) is 3. The SMILES string of the molecule is NC[C@H]1CCC[C@H]1C(=O)NCc1cccc(NC(=O)Nc2ccccc2)c1. The molecule has 6 nitrogen and oxygen atoms in total. The maximum absolute atomic E-state index is 12.4. The Kier molecular flexibility index (Phi) is 6.44. The fraction of sp³-hybridized carbons (Fsp3) is 0.333. The Morgan fingerprint density at radius 1 is 0.963 bits per heavy atom. The second kappa shape index (κ2) is 9.19. The number of benzene rings is 2. The molecule has 1 aliphatic carbocycles. The van der Waals surface area contributed by atoms with E-state index in [0.717, 1.165) is 30.5 Å². The predicted octanol–water partition coefficient (Wildman–Crippen LogP) is 3.32. The zero-order chi connectivity index (χ0) is 19.1. The van der Waals surface area contributed by atoms with Gasteiger partial charge in [0, 0.05) is 23.8 Å². The van der Waals surface area contributed by atoms with E-state index >= 15 is 0 Å². The number of carbonyl (C=O) groups excluding carboxylic acids is 2. The van der Waals surface area contributed by atoms with Crippen molar-refractivity contribution in [2.45, 2.75) is 25.8 Å². The van der Waals surface area contributed by atoms with Crippen molar-refractivity contribution in [2.75, 3.05) is 17.2 Å². The molecule has 1 aliphatic rings. The van der Waals surface area contributed by atoms with E-state index < -0.39 is 0 Å². The minimum absolute atomic E-state index is 0.0213. The van der Waals surface area contributed by atoms with Crippen LogP contribution in [-0.4, -0.2) is 18.5 Å². The molecule has 1 saturated carbocycles. The molecular formula is C21H26N4O2. The molecule has 0 aromatic heterocycles. The van der Waals surface area contributed by atoms with Gasteiger partial charge in [0.05, 0.1) is 0 Å². The van der Waals surface area contributed by atoms with Crippen LogP contribution in [0.4, 0.5) is 16.2 Å². The molecule has 6 heteroatoms. The maximum Gasteiger partial charge on any atom is 0.323 e. The summed E-state index contributed by atoms with van der Waals surface area (Å²) in [4.78, 5) is 24.5. The van der Waals surface area contributed by atoms with Crippen LogP contribution in [0, 0.1) is 11.8 Å². The highest BCUT2D eigenvalue weighted by molar-refractivity contribution is 5.99. The van der Waals surface area contributed by atoms with Crippen LogP contribution in [0.25, 0.3) is 0 Å². The first-order chi connectivity index (χ1) is 13.2. The van der Waals surface area contributed by atoms with Crippen LogP contribution >= 0.6 is 0 Å². The molecule has 2 atom stereocenters. The Hall–Kier alpha value is -2.86. The van der Waals surface area contributed by atoms with Crippen LogP contribution in [0.15, 0.2) is 54.6 Å². The average molecular weight is 366 g/mol. The van der Waals surface area contributed by atoms with Crippen molar-refractivity contribution in [2.24, 2.45) is 17.6 Å². The van der Waals surface area contributed by atoms with Crippen molar-refractivity contribution in [1.29, 1.82) is 0 Å². The monoisotopic (exact) mass is 366 g/mol. The summed E-state index contributed by atoms with van der Waals surface area (Å²) in [7, 11) is 0. The molecular weight excluding hydrogens is 340 g/mol. The molecule has 2 aromatic rings. The minimum atomic E-state index is -0.306. The fourth-order valence-corrected chi connectivity index (χ4v) is 3.56. The molecule has 5 N–H and O–H groups in total. The van der Waals surface area contributed by atoms with Gasteiger partial charge in [0.15, 0.2) is 0 Å². The number of rotatable bonds is 6. The molecule has 0 radical (unpaired) electrons. The van der Waals surface area contributed by atoms with Crippen molar-refractivity contribution >= 4 is 23.3 Å². The fourth-order valence-electron chi connectivity index (χ4n) is 3.56. The number of nitrogens with two attached hydrogens (primary N) is 1. The molecule has 0 heterocycles. The third kappa shape index (κ3) is 5.31. The summed E-state index contributed by atoms with van der Waals surface area (Å²) in [6.07, 6.45) is 3.01. The summed E-state index contributed by atoms with van der Waals surface area (Å²) < 4.78 is 0. The van der Waals surface area contributed by atoms with E-state index in [4.69, 9.17) is 5.73 Å². The van der Waals surface area contributed by atoms with Gasteiger partial charge < -0.3 is 21.7 Å². The lowest BCUT2D eigenvalue weighted by atomic mass is 9.95. The van der Waals surface area contributed by atoms with E-state index in [1.165, 1.54) is 0 Å². The summed E-state index contributed by atoms with van der Waals surface area (Å²) in [5, 5.41) is 8.59. The summed E-state index contributed by atoms with van der Waals surface area (Å²) >= 11 is 0. The van der Waals surface area contributed by atoms with Gasteiger partial charge in [-0.05, 0) is 55.1 Å². The van der Waals surface area contributed by atoms with Gasteiger partial charge >= 0.3 is 6.03 Å². The highest BCUT2D eigenvalue weighted by Gasteiger charge is 2.31. The van der Waals surface area contributed by atoms with E-state index in [-0.39, 0.29) is 17.9 Å². The highest BCUT2D eigenvalue weighted by Crippen LogP contribution is 2.31. The van der Waals surface area contributed by atoms with Crippen molar-refractivity contribution < 1.29 is 9.59 Å².